The molecule has 2 N–H and O–H groups in total. The van der Waals surface area contributed by atoms with Crippen LogP contribution >= 0.6 is 0 Å². The summed E-state index contributed by atoms with van der Waals surface area (Å²) in [5.41, 5.74) is 1.08. The van der Waals surface area contributed by atoms with Crippen molar-refractivity contribution in [3.8, 4) is 0 Å². The Kier molecular flexibility index (Phi) is 5.37. The largest absolute Gasteiger partial charge is 0.465 e. The Morgan fingerprint density at radius 2 is 1.94 bits per heavy atom. The highest BCUT2D eigenvalue weighted by atomic mass is 19.2. The molecule has 1 aromatic heterocycles. The molecule has 0 aliphatic carbocycles. The smallest absolute Gasteiger partial charge is 0.339 e. The molecule has 160 valence electrons. The summed E-state index contributed by atoms with van der Waals surface area (Å²) >= 11 is 0. The van der Waals surface area contributed by atoms with Gasteiger partial charge in [-0.05, 0) is 18.2 Å². The Bertz CT molecular complexity index is 1160. The predicted molar refractivity (Wildman–Crippen MR) is 104 cm³/mol. The molecule has 2 aromatic carbocycles. The third-order valence-corrected chi connectivity index (χ3v) is 5.12. The predicted octanol–water partition coefficient (Wildman–Crippen LogP) is 3.79. The molecule has 31 heavy (non-hydrogen) atoms. The highest BCUT2D eigenvalue weighted by Gasteiger charge is 2.37. The lowest BCUT2D eigenvalue weighted by atomic mass is 9.95. The fourth-order valence-corrected chi connectivity index (χ4v) is 3.63. The second-order valence-electron chi connectivity index (χ2n) is 6.84. The quantitative estimate of drug-likeness (QED) is 0.489. The molecule has 0 spiro atoms. The van der Waals surface area contributed by atoms with Gasteiger partial charge in [-0.2, -0.15) is 0 Å². The second-order valence-corrected chi connectivity index (χ2v) is 6.84. The monoisotopic (exact) mass is 430 g/mol. The van der Waals surface area contributed by atoms with E-state index >= 15 is 0 Å². The fourth-order valence-electron chi connectivity index (χ4n) is 3.63. The van der Waals surface area contributed by atoms with E-state index in [0.29, 0.717) is 17.8 Å². The molecular weight excluding hydrogens is 413 g/mol. The van der Waals surface area contributed by atoms with Crippen molar-refractivity contribution in [2.24, 2.45) is 0 Å². The number of aromatic nitrogens is 2. The standard InChI is InChI=1S/C21H17F3N4O3/c1-31-20(29)11-4-2-3-5-14(11)27-21(30)28-9-8-15-18(26-10-25-15)19(28)12-6-7-13(22)17(24)16(12)23/h2-7,10,19H,8-9H2,1H3,(H,25,26)(H,27,30). The summed E-state index contributed by atoms with van der Waals surface area (Å²) < 4.78 is 46.8. The lowest BCUT2D eigenvalue weighted by molar-refractivity contribution is 0.0602. The first-order valence-corrected chi connectivity index (χ1v) is 9.33. The van der Waals surface area contributed by atoms with Gasteiger partial charge in [0.15, 0.2) is 17.5 Å². The minimum Gasteiger partial charge on any atom is -0.465 e. The highest BCUT2D eigenvalue weighted by Crippen LogP contribution is 2.36. The number of methoxy groups -OCH3 is 1. The molecule has 10 heteroatoms. The van der Waals surface area contributed by atoms with Gasteiger partial charge in [0.25, 0.3) is 0 Å². The van der Waals surface area contributed by atoms with Gasteiger partial charge in [0.1, 0.15) is 6.04 Å². The molecule has 0 saturated carbocycles. The molecule has 0 fully saturated rings. The van der Waals surface area contributed by atoms with Crippen LogP contribution in [0.3, 0.4) is 0 Å². The Morgan fingerprint density at radius 1 is 1.16 bits per heavy atom. The van der Waals surface area contributed by atoms with Gasteiger partial charge in [-0.3, -0.25) is 0 Å². The number of carbonyl (C=O) groups excluding carboxylic acids is 2. The number of rotatable bonds is 3. The number of hydrogen-bond acceptors (Lipinski definition) is 4. The lowest BCUT2D eigenvalue weighted by Crippen LogP contribution is -2.43. The van der Waals surface area contributed by atoms with Crippen LogP contribution in [0.1, 0.15) is 33.4 Å². The van der Waals surface area contributed by atoms with Crippen molar-refractivity contribution in [3.63, 3.8) is 0 Å². The number of carbonyl (C=O) groups is 2. The number of H-pyrrole nitrogens is 1. The number of hydrogen-bond donors (Lipinski definition) is 2. The Hall–Kier alpha value is -3.82. The topological polar surface area (TPSA) is 87.3 Å². The Morgan fingerprint density at radius 3 is 2.71 bits per heavy atom. The van der Waals surface area contributed by atoms with Crippen molar-refractivity contribution in [1.29, 1.82) is 0 Å². The third kappa shape index (κ3) is 3.60. The minimum absolute atomic E-state index is 0.131. The van der Waals surface area contributed by atoms with Gasteiger partial charge in [-0.15, -0.1) is 0 Å². The molecule has 0 saturated heterocycles. The number of aromatic amines is 1. The van der Waals surface area contributed by atoms with Gasteiger partial charge in [0.2, 0.25) is 0 Å². The van der Waals surface area contributed by atoms with E-state index in [-0.39, 0.29) is 23.4 Å². The maximum absolute atomic E-state index is 14.7. The summed E-state index contributed by atoms with van der Waals surface area (Å²) in [6.45, 7) is 0.143. The number of anilines is 1. The number of urea groups is 1. The summed E-state index contributed by atoms with van der Waals surface area (Å²) in [5, 5.41) is 2.62. The summed E-state index contributed by atoms with van der Waals surface area (Å²) in [6.07, 6.45) is 1.78. The Labute approximate surface area is 174 Å². The molecule has 4 rings (SSSR count). The minimum atomic E-state index is -1.63. The molecular formula is C21H17F3N4O3. The highest BCUT2D eigenvalue weighted by molar-refractivity contribution is 6.01. The lowest BCUT2D eigenvalue weighted by Gasteiger charge is -2.35. The van der Waals surface area contributed by atoms with Crippen LogP contribution in [0.25, 0.3) is 0 Å². The molecule has 7 nitrogen and oxygen atoms in total. The molecule has 1 atom stereocenters. The van der Waals surface area contributed by atoms with E-state index in [0.717, 1.165) is 12.1 Å². The van der Waals surface area contributed by atoms with Crippen LogP contribution in [-0.2, 0) is 11.2 Å². The van der Waals surface area contributed by atoms with E-state index in [1.165, 1.54) is 30.5 Å². The van der Waals surface area contributed by atoms with Gasteiger partial charge < -0.3 is 19.9 Å². The second kappa shape index (κ2) is 8.13. The first-order valence-electron chi connectivity index (χ1n) is 9.33. The van der Waals surface area contributed by atoms with E-state index in [1.54, 1.807) is 12.1 Å². The van der Waals surface area contributed by atoms with Crippen LogP contribution in [0.5, 0.6) is 0 Å². The van der Waals surface area contributed by atoms with E-state index in [2.05, 4.69) is 15.3 Å². The molecule has 2 amide bonds. The fraction of sp³-hybridized carbons (Fsp3) is 0.190. The zero-order valence-electron chi connectivity index (χ0n) is 16.3. The van der Waals surface area contributed by atoms with Crippen molar-refractivity contribution >= 4 is 17.7 Å². The number of benzene rings is 2. The van der Waals surface area contributed by atoms with Crippen LogP contribution in [-0.4, -0.2) is 40.5 Å². The number of nitrogens with zero attached hydrogens (tertiary/aromatic N) is 2. The number of fused-ring (bicyclic) bond motifs is 1. The van der Waals surface area contributed by atoms with Gasteiger partial charge >= 0.3 is 12.0 Å². The number of nitrogens with one attached hydrogen (secondary N) is 2. The molecule has 1 aliphatic heterocycles. The average Bonchev–Trinajstić information content (AvgIpc) is 3.26. The van der Waals surface area contributed by atoms with Crippen LogP contribution < -0.4 is 5.32 Å². The molecule has 0 bridgehead atoms. The Balaban J connectivity index is 1.73. The van der Waals surface area contributed by atoms with Gasteiger partial charge in [-0.25, -0.2) is 27.7 Å². The third-order valence-electron chi connectivity index (χ3n) is 5.12. The average molecular weight is 430 g/mol. The maximum Gasteiger partial charge on any atom is 0.339 e. The van der Waals surface area contributed by atoms with Crippen molar-refractivity contribution in [3.05, 3.63) is 82.7 Å². The maximum atomic E-state index is 14.7. The van der Waals surface area contributed by atoms with Crippen molar-refractivity contribution in [2.75, 3.05) is 19.0 Å². The van der Waals surface area contributed by atoms with Crippen LogP contribution in [0, 0.1) is 17.5 Å². The summed E-state index contributed by atoms with van der Waals surface area (Å²) in [7, 11) is 1.21. The molecule has 1 unspecified atom stereocenters. The molecule has 3 aromatic rings. The van der Waals surface area contributed by atoms with Crippen molar-refractivity contribution < 1.29 is 27.5 Å². The number of para-hydroxylation sites is 1. The van der Waals surface area contributed by atoms with Gasteiger partial charge in [-0.1, -0.05) is 18.2 Å². The number of amides is 2. The first kappa shape index (κ1) is 20.5. The zero-order valence-corrected chi connectivity index (χ0v) is 16.3. The van der Waals surface area contributed by atoms with E-state index in [4.69, 9.17) is 4.74 Å². The molecule has 2 heterocycles. The molecule has 1 aliphatic rings. The zero-order chi connectivity index (χ0) is 22.1. The normalized spacial score (nSPS) is 15.4. The first-order chi connectivity index (χ1) is 14.9. The van der Waals surface area contributed by atoms with Gasteiger partial charge in [0.05, 0.1) is 30.4 Å². The van der Waals surface area contributed by atoms with Crippen LogP contribution in [0.4, 0.5) is 23.7 Å². The summed E-state index contributed by atoms with van der Waals surface area (Å²) in [5.74, 6) is -5.00. The summed E-state index contributed by atoms with van der Waals surface area (Å²) in [4.78, 5) is 33.5. The van der Waals surface area contributed by atoms with E-state index in [9.17, 15) is 22.8 Å². The van der Waals surface area contributed by atoms with Crippen molar-refractivity contribution in [2.45, 2.75) is 12.5 Å². The van der Waals surface area contributed by atoms with Crippen molar-refractivity contribution in [1.82, 2.24) is 14.9 Å². The van der Waals surface area contributed by atoms with Gasteiger partial charge in [0, 0.05) is 24.2 Å². The number of halogens is 3. The SMILES string of the molecule is COC(=O)c1ccccc1NC(=O)N1CCc2[nH]cnc2C1c1ccc(F)c(F)c1F. The molecule has 0 radical (unpaired) electrons. The van der Waals surface area contributed by atoms with E-state index in [1.807, 2.05) is 0 Å². The summed E-state index contributed by atoms with van der Waals surface area (Å²) in [6, 6.07) is 6.35. The number of esters is 1. The van der Waals surface area contributed by atoms with E-state index < -0.39 is 35.5 Å². The van der Waals surface area contributed by atoms with Crippen LogP contribution in [0.15, 0.2) is 42.7 Å². The number of ether oxygens (including phenoxy) is 1. The van der Waals surface area contributed by atoms with Crippen LogP contribution in [0.2, 0.25) is 0 Å². The number of imidazole rings is 1.